The number of rotatable bonds is 5. The first-order valence-corrected chi connectivity index (χ1v) is 11.8. The number of allylic oxidation sites excluding steroid dienone is 1. The van der Waals surface area contributed by atoms with Crippen molar-refractivity contribution in [2.24, 2.45) is 0 Å². The van der Waals surface area contributed by atoms with Crippen LogP contribution in [0.3, 0.4) is 0 Å². The SMILES string of the molecule is O=S(=O)(Nc1nc2n(n1)[C@@H](c1ccc(F)cc1)C=C(c1ccc(Cl)cc1)N2)c1ccccc1. The number of halogens is 2. The molecule has 0 aliphatic carbocycles. The molecule has 0 bridgehead atoms. The lowest BCUT2D eigenvalue weighted by molar-refractivity contribution is 0.597. The third kappa shape index (κ3) is 4.33. The molecule has 0 unspecified atom stereocenters. The monoisotopic (exact) mass is 481 g/mol. The molecule has 0 saturated carbocycles. The van der Waals surface area contributed by atoms with Crippen molar-refractivity contribution in [3.05, 3.63) is 107 Å². The normalized spacial score (nSPS) is 15.3. The zero-order valence-electron chi connectivity index (χ0n) is 17.0. The molecule has 1 atom stereocenters. The van der Waals surface area contributed by atoms with E-state index in [9.17, 15) is 12.8 Å². The molecule has 0 spiro atoms. The third-order valence-corrected chi connectivity index (χ3v) is 6.71. The molecule has 0 radical (unpaired) electrons. The van der Waals surface area contributed by atoms with Gasteiger partial charge in [-0.05, 0) is 53.6 Å². The van der Waals surface area contributed by atoms with E-state index in [1.807, 2.05) is 18.2 Å². The van der Waals surface area contributed by atoms with E-state index in [4.69, 9.17) is 11.6 Å². The van der Waals surface area contributed by atoms with Crippen LogP contribution in [-0.4, -0.2) is 23.2 Å². The Kier molecular flexibility index (Phi) is 5.35. The van der Waals surface area contributed by atoms with Gasteiger partial charge in [-0.2, -0.15) is 4.98 Å². The predicted octanol–water partition coefficient (Wildman–Crippen LogP) is 4.93. The van der Waals surface area contributed by atoms with Crippen molar-refractivity contribution in [3.63, 3.8) is 0 Å². The van der Waals surface area contributed by atoms with Crippen molar-refractivity contribution in [1.82, 2.24) is 14.8 Å². The summed E-state index contributed by atoms with van der Waals surface area (Å²) in [5.74, 6) is -0.105. The fourth-order valence-electron chi connectivity index (χ4n) is 3.51. The first-order chi connectivity index (χ1) is 15.9. The van der Waals surface area contributed by atoms with Crippen LogP contribution in [0.15, 0.2) is 89.8 Å². The van der Waals surface area contributed by atoms with E-state index in [-0.39, 0.29) is 16.7 Å². The number of nitrogens with one attached hydrogen (secondary N) is 2. The van der Waals surface area contributed by atoms with E-state index in [0.29, 0.717) is 11.0 Å². The number of anilines is 2. The van der Waals surface area contributed by atoms with Crippen LogP contribution in [0.1, 0.15) is 17.2 Å². The molecule has 3 aromatic carbocycles. The Morgan fingerprint density at radius 2 is 1.67 bits per heavy atom. The molecule has 10 heteroatoms. The summed E-state index contributed by atoms with van der Waals surface area (Å²) in [4.78, 5) is 4.46. The predicted molar refractivity (Wildman–Crippen MR) is 125 cm³/mol. The lowest BCUT2D eigenvalue weighted by Gasteiger charge is -2.24. The topological polar surface area (TPSA) is 88.9 Å². The molecular formula is C23H17ClFN5O2S. The number of hydrogen-bond donors (Lipinski definition) is 2. The second-order valence-corrected chi connectivity index (χ2v) is 9.45. The molecule has 5 rings (SSSR count). The minimum atomic E-state index is -3.87. The molecule has 4 aromatic rings. The van der Waals surface area contributed by atoms with Crippen LogP contribution < -0.4 is 10.0 Å². The van der Waals surface area contributed by atoms with Gasteiger partial charge in [0.15, 0.2) is 0 Å². The quantitative estimate of drug-likeness (QED) is 0.422. The van der Waals surface area contributed by atoms with Gasteiger partial charge < -0.3 is 5.32 Å². The van der Waals surface area contributed by atoms with Crippen LogP contribution in [0.4, 0.5) is 16.3 Å². The molecule has 0 amide bonds. The van der Waals surface area contributed by atoms with Crippen LogP contribution in [-0.2, 0) is 10.0 Å². The summed E-state index contributed by atoms with van der Waals surface area (Å²) in [7, 11) is -3.87. The molecule has 7 nitrogen and oxygen atoms in total. The van der Waals surface area contributed by atoms with Gasteiger partial charge in [-0.15, -0.1) is 5.10 Å². The summed E-state index contributed by atoms with van der Waals surface area (Å²) in [6, 6.07) is 20.8. The van der Waals surface area contributed by atoms with Crippen molar-refractivity contribution < 1.29 is 12.8 Å². The maximum Gasteiger partial charge on any atom is 0.264 e. The zero-order chi connectivity index (χ0) is 23.0. The molecule has 166 valence electrons. The van der Waals surface area contributed by atoms with E-state index in [1.54, 1.807) is 47.1 Å². The lowest BCUT2D eigenvalue weighted by Crippen LogP contribution is -2.20. The average molecular weight is 482 g/mol. The van der Waals surface area contributed by atoms with E-state index < -0.39 is 16.1 Å². The molecule has 0 saturated heterocycles. The third-order valence-electron chi connectivity index (χ3n) is 5.11. The summed E-state index contributed by atoms with van der Waals surface area (Å²) in [5.41, 5.74) is 2.35. The van der Waals surface area contributed by atoms with E-state index in [1.165, 1.54) is 24.3 Å². The lowest BCUT2D eigenvalue weighted by atomic mass is 10.0. The number of benzene rings is 3. The van der Waals surface area contributed by atoms with Crippen molar-refractivity contribution in [2.75, 3.05) is 10.0 Å². The first kappa shape index (κ1) is 21.2. The number of aromatic nitrogens is 3. The highest BCUT2D eigenvalue weighted by atomic mass is 35.5. The summed E-state index contributed by atoms with van der Waals surface area (Å²) < 4.78 is 43.0. The molecule has 33 heavy (non-hydrogen) atoms. The van der Waals surface area contributed by atoms with Crippen molar-refractivity contribution in [2.45, 2.75) is 10.9 Å². The Morgan fingerprint density at radius 3 is 2.36 bits per heavy atom. The highest BCUT2D eigenvalue weighted by Gasteiger charge is 2.27. The summed E-state index contributed by atoms with van der Waals surface area (Å²) in [5, 5.41) is 8.17. The van der Waals surface area contributed by atoms with Gasteiger partial charge in [-0.1, -0.05) is 54.1 Å². The van der Waals surface area contributed by atoms with Crippen molar-refractivity contribution in [3.8, 4) is 0 Å². The number of hydrogen-bond acceptors (Lipinski definition) is 5. The smallest absolute Gasteiger partial charge is 0.264 e. The summed E-state index contributed by atoms with van der Waals surface area (Å²) in [6.07, 6.45) is 1.91. The Hall–Kier alpha value is -3.69. The highest BCUT2D eigenvalue weighted by molar-refractivity contribution is 7.92. The Bertz CT molecular complexity index is 1440. The molecule has 0 fully saturated rings. The van der Waals surface area contributed by atoms with Crippen LogP contribution in [0.5, 0.6) is 0 Å². The minimum Gasteiger partial charge on any atom is -0.324 e. The van der Waals surface area contributed by atoms with Gasteiger partial charge >= 0.3 is 0 Å². The summed E-state index contributed by atoms with van der Waals surface area (Å²) in [6.45, 7) is 0. The van der Waals surface area contributed by atoms with Crippen LogP contribution >= 0.6 is 11.6 Å². The van der Waals surface area contributed by atoms with Gasteiger partial charge in [0.1, 0.15) is 11.9 Å². The van der Waals surface area contributed by atoms with Crippen LogP contribution in [0.2, 0.25) is 5.02 Å². The van der Waals surface area contributed by atoms with Gasteiger partial charge in [0.25, 0.3) is 16.0 Å². The molecular weight excluding hydrogens is 465 g/mol. The van der Waals surface area contributed by atoms with E-state index >= 15 is 0 Å². The maximum atomic E-state index is 13.5. The van der Waals surface area contributed by atoms with Gasteiger partial charge in [0.2, 0.25) is 5.95 Å². The highest BCUT2D eigenvalue weighted by Crippen LogP contribution is 2.34. The van der Waals surface area contributed by atoms with Gasteiger partial charge in [0, 0.05) is 10.7 Å². The van der Waals surface area contributed by atoms with E-state index in [2.05, 4.69) is 20.1 Å². The molecule has 1 aliphatic rings. The standard InChI is InChI=1S/C23H17ClFN5O2S/c24-17-10-6-15(7-11-17)20-14-21(16-8-12-18(25)13-9-16)30-23(26-20)27-22(28-30)29-33(31,32)19-4-2-1-3-5-19/h1-14,21H,(H2,26,27,28,29)/t21-/m1/s1. The van der Waals surface area contributed by atoms with Crippen LogP contribution in [0.25, 0.3) is 5.70 Å². The minimum absolute atomic E-state index is 0.0841. The van der Waals surface area contributed by atoms with E-state index in [0.717, 1.165) is 16.8 Å². The molecule has 1 aliphatic heterocycles. The number of sulfonamides is 1. The second kappa shape index (κ2) is 8.34. The van der Waals surface area contributed by atoms with Crippen LogP contribution in [0, 0.1) is 5.82 Å². The number of nitrogens with zero attached hydrogens (tertiary/aromatic N) is 3. The first-order valence-electron chi connectivity index (χ1n) is 9.94. The average Bonchev–Trinajstić information content (AvgIpc) is 3.22. The Balaban J connectivity index is 1.54. The van der Waals surface area contributed by atoms with Gasteiger partial charge in [-0.3, -0.25) is 0 Å². The fraction of sp³-hybridized carbons (Fsp3) is 0.0435. The number of fused-ring (bicyclic) bond motifs is 1. The Labute approximate surface area is 194 Å². The van der Waals surface area contributed by atoms with Gasteiger partial charge in [-0.25, -0.2) is 22.2 Å². The molecule has 1 aromatic heterocycles. The Morgan fingerprint density at radius 1 is 0.970 bits per heavy atom. The largest absolute Gasteiger partial charge is 0.324 e. The molecule has 2 N–H and O–H groups in total. The zero-order valence-corrected chi connectivity index (χ0v) is 18.6. The maximum absolute atomic E-state index is 13.5. The van der Waals surface area contributed by atoms with Crippen molar-refractivity contribution >= 4 is 39.2 Å². The molecule has 2 heterocycles. The summed E-state index contributed by atoms with van der Waals surface area (Å²) >= 11 is 6.02. The second-order valence-electron chi connectivity index (χ2n) is 7.33. The van der Waals surface area contributed by atoms with Gasteiger partial charge in [0.05, 0.1) is 4.90 Å². The van der Waals surface area contributed by atoms with Crippen molar-refractivity contribution in [1.29, 1.82) is 0 Å². The fourth-order valence-corrected chi connectivity index (χ4v) is 4.60.